The zero-order chi connectivity index (χ0) is 21.4. The van der Waals surface area contributed by atoms with Gasteiger partial charge in [-0.3, -0.25) is 9.59 Å². The fraction of sp³-hybridized carbons (Fsp3) is 0.524. The number of ketones is 2. The molecule has 0 spiro atoms. The highest BCUT2D eigenvalue weighted by Gasteiger charge is 2.39. The van der Waals surface area contributed by atoms with Crippen molar-refractivity contribution in [2.24, 2.45) is 5.92 Å². The van der Waals surface area contributed by atoms with Crippen molar-refractivity contribution < 1.29 is 35.9 Å². The molecule has 2 aliphatic carbocycles. The summed E-state index contributed by atoms with van der Waals surface area (Å²) >= 11 is 0. The summed E-state index contributed by atoms with van der Waals surface area (Å²) < 4.78 is 78.4. The van der Waals surface area contributed by atoms with Crippen LogP contribution in [0.25, 0.3) is 0 Å². The number of alkyl halides is 6. The van der Waals surface area contributed by atoms with Gasteiger partial charge in [-0.1, -0.05) is 25.3 Å². The SMILES string of the molecule is O=C1CC(c2cc(C(F)(F)F)cc(C(F)(F)F)c2)CC(=O)C1=CC1CCCCC1. The third-order valence-electron chi connectivity index (χ3n) is 5.60. The van der Waals surface area contributed by atoms with Crippen molar-refractivity contribution in [1.29, 1.82) is 0 Å². The third-order valence-corrected chi connectivity index (χ3v) is 5.60. The lowest BCUT2D eigenvalue weighted by atomic mass is 9.77. The summed E-state index contributed by atoms with van der Waals surface area (Å²) in [6.45, 7) is 0. The van der Waals surface area contributed by atoms with E-state index in [4.69, 9.17) is 0 Å². The van der Waals surface area contributed by atoms with Gasteiger partial charge in [0.1, 0.15) is 0 Å². The van der Waals surface area contributed by atoms with E-state index in [1.807, 2.05) is 0 Å². The molecule has 1 aromatic rings. The van der Waals surface area contributed by atoms with E-state index < -0.39 is 41.0 Å². The van der Waals surface area contributed by atoms with Gasteiger partial charge in [-0.15, -0.1) is 0 Å². The minimum absolute atomic E-state index is 0.0460. The number of allylic oxidation sites excluding steroid dienone is 2. The summed E-state index contributed by atoms with van der Waals surface area (Å²) in [6, 6.07) is 1.26. The van der Waals surface area contributed by atoms with Crippen molar-refractivity contribution in [3.8, 4) is 0 Å². The molecular formula is C21H20F6O2. The second-order valence-corrected chi connectivity index (χ2v) is 7.77. The number of rotatable bonds is 2. The van der Waals surface area contributed by atoms with E-state index in [9.17, 15) is 35.9 Å². The van der Waals surface area contributed by atoms with E-state index in [2.05, 4.69) is 0 Å². The molecule has 0 heterocycles. The Morgan fingerprint density at radius 3 is 1.69 bits per heavy atom. The lowest BCUT2D eigenvalue weighted by Gasteiger charge is -2.26. The van der Waals surface area contributed by atoms with E-state index in [0.717, 1.165) is 32.1 Å². The molecule has 0 unspecified atom stereocenters. The summed E-state index contributed by atoms with van der Waals surface area (Å²) in [4.78, 5) is 25.0. The van der Waals surface area contributed by atoms with Gasteiger partial charge in [0.25, 0.3) is 0 Å². The maximum atomic E-state index is 13.1. The number of carbonyl (C=O) groups is 2. The van der Waals surface area contributed by atoms with Crippen LogP contribution in [-0.4, -0.2) is 11.6 Å². The molecule has 0 amide bonds. The average Bonchev–Trinajstić information content (AvgIpc) is 2.63. The Hall–Kier alpha value is -2.12. The van der Waals surface area contributed by atoms with Crippen LogP contribution in [0.1, 0.15) is 67.6 Å². The molecule has 8 heteroatoms. The van der Waals surface area contributed by atoms with Crippen molar-refractivity contribution in [2.75, 3.05) is 0 Å². The Labute approximate surface area is 164 Å². The lowest BCUT2D eigenvalue weighted by Crippen LogP contribution is -2.26. The van der Waals surface area contributed by atoms with Crippen LogP contribution in [-0.2, 0) is 21.9 Å². The van der Waals surface area contributed by atoms with Crippen LogP contribution in [0, 0.1) is 5.92 Å². The fourth-order valence-corrected chi connectivity index (χ4v) is 4.07. The van der Waals surface area contributed by atoms with Crippen LogP contribution >= 0.6 is 0 Å². The lowest BCUT2D eigenvalue weighted by molar-refractivity contribution is -0.143. The molecule has 0 saturated heterocycles. The Morgan fingerprint density at radius 2 is 1.24 bits per heavy atom. The average molecular weight is 418 g/mol. The van der Waals surface area contributed by atoms with Gasteiger partial charge in [0.15, 0.2) is 11.6 Å². The van der Waals surface area contributed by atoms with Crippen LogP contribution in [0.4, 0.5) is 26.3 Å². The van der Waals surface area contributed by atoms with E-state index in [-0.39, 0.29) is 36.0 Å². The molecule has 2 nitrogen and oxygen atoms in total. The predicted molar refractivity (Wildman–Crippen MR) is 93.1 cm³/mol. The van der Waals surface area contributed by atoms with Crippen molar-refractivity contribution in [2.45, 2.75) is 63.2 Å². The summed E-state index contributed by atoms with van der Waals surface area (Å²) in [5, 5.41) is 0. The highest BCUT2D eigenvalue weighted by Crippen LogP contribution is 2.40. The van der Waals surface area contributed by atoms with Crippen molar-refractivity contribution >= 4 is 11.6 Å². The van der Waals surface area contributed by atoms with Crippen molar-refractivity contribution in [3.05, 3.63) is 46.5 Å². The zero-order valence-electron chi connectivity index (χ0n) is 15.5. The molecule has 0 N–H and O–H groups in total. The van der Waals surface area contributed by atoms with E-state index in [0.29, 0.717) is 12.1 Å². The Kier molecular flexibility index (Phi) is 5.92. The topological polar surface area (TPSA) is 34.1 Å². The van der Waals surface area contributed by atoms with E-state index in [1.54, 1.807) is 6.08 Å². The molecule has 2 fully saturated rings. The molecule has 0 aromatic heterocycles. The standard InChI is InChI=1S/C21H20F6O2/c22-20(23,24)15-7-13(8-16(11-15)21(25,26)27)14-9-18(28)17(19(29)10-14)6-12-4-2-1-3-5-12/h6-8,11-12,14H,1-5,9-10H2. The Morgan fingerprint density at radius 1 is 0.759 bits per heavy atom. The highest BCUT2D eigenvalue weighted by atomic mass is 19.4. The van der Waals surface area contributed by atoms with Crippen molar-refractivity contribution in [3.63, 3.8) is 0 Å². The van der Waals surface area contributed by atoms with Gasteiger partial charge in [-0.2, -0.15) is 26.3 Å². The fourth-order valence-electron chi connectivity index (χ4n) is 4.07. The minimum atomic E-state index is -4.97. The van der Waals surface area contributed by atoms with Crippen molar-refractivity contribution in [1.82, 2.24) is 0 Å². The first-order valence-corrected chi connectivity index (χ1v) is 9.52. The molecule has 158 valence electrons. The summed E-state index contributed by atoms with van der Waals surface area (Å²) in [6.07, 6.45) is -3.98. The Bertz CT molecular complexity index is 776. The summed E-state index contributed by atoms with van der Waals surface area (Å²) in [5.74, 6) is -1.90. The second-order valence-electron chi connectivity index (χ2n) is 7.77. The van der Waals surface area contributed by atoms with Gasteiger partial charge < -0.3 is 0 Å². The monoisotopic (exact) mass is 418 g/mol. The molecule has 2 saturated carbocycles. The molecule has 0 atom stereocenters. The van der Waals surface area contributed by atoms with Crippen LogP contribution in [0.2, 0.25) is 0 Å². The molecule has 29 heavy (non-hydrogen) atoms. The quantitative estimate of drug-likeness (QED) is 0.323. The van der Waals surface area contributed by atoms with Gasteiger partial charge in [0.2, 0.25) is 0 Å². The molecule has 2 aliphatic rings. The number of halogens is 6. The molecule has 0 bridgehead atoms. The first kappa shape index (κ1) is 21.6. The predicted octanol–water partition coefficient (Wildman–Crippen LogP) is 6.25. The third kappa shape index (κ3) is 5.08. The smallest absolute Gasteiger partial charge is 0.294 e. The normalized spacial score (nSPS) is 22.1. The number of hydrogen-bond acceptors (Lipinski definition) is 2. The van der Waals surface area contributed by atoms with Gasteiger partial charge in [-0.05, 0) is 48.4 Å². The zero-order valence-corrected chi connectivity index (χ0v) is 15.5. The van der Waals surface area contributed by atoms with Crippen LogP contribution in [0.15, 0.2) is 29.8 Å². The minimum Gasteiger partial charge on any atom is -0.294 e. The first-order chi connectivity index (χ1) is 13.4. The number of Topliss-reactive ketones (excluding diaryl/α,β-unsaturated/α-hetero) is 2. The molecule has 3 rings (SSSR count). The largest absolute Gasteiger partial charge is 0.416 e. The van der Waals surface area contributed by atoms with Gasteiger partial charge in [0, 0.05) is 12.8 Å². The van der Waals surface area contributed by atoms with Gasteiger partial charge >= 0.3 is 12.4 Å². The first-order valence-electron chi connectivity index (χ1n) is 9.52. The molecule has 1 aromatic carbocycles. The summed E-state index contributed by atoms with van der Waals surface area (Å²) in [7, 11) is 0. The maximum absolute atomic E-state index is 13.1. The summed E-state index contributed by atoms with van der Waals surface area (Å²) in [5.41, 5.74) is -3.11. The maximum Gasteiger partial charge on any atom is 0.416 e. The van der Waals surface area contributed by atoms with Gasteiger partial charge in [-0.25, -0.2) is 0 Å². The molecule has 0 radical (unpaired) electrons. The highest BCUT2D eigenvalue weighted by molar-refractivity contribution is 6.22. The van der Waals surface area contributed by atoms with Crippen LogP contribution < -0.4 is 0 Å². The van der Waals surface area contributed by atoms with Crippen LogP contribution in [0.3, 0.4) is 0 Å². The van der Waals surface area contributed by atoms with E-state index >= 15 is 0 Å². The molecular weight excluding hydrogens is 398 g/mol. The van der Waals surface area contributed by atoms with Gasteiger partial charge in [0.05, 0.1) is 16.7 Å². The number of carbonyl (C=O) groups excluding carboxylic acids is 2. The molecule has 0 aliphatic heterocycles. The number of benzene rings is 1. The number of hydrogen-bond donors (Lipinski definition) is 0. The van der Waals surface area contributed by atoms with E-state index in [1.165, 1.54) is 0 Å². The second kappa shape index (κ2) is 7.95. The Balaban J connectivity index is 1.89. The van der Waals surface area contributed by atoms with Crippen LogP contribution in [0.5, 0.6) is 0 Å².